The molecule has 60 valence electrons. The number of hydrogen-bond donors (Lipinski definition) is 0. The molecule has 0 aromatic rings. The van der Waals surface area contributed by atoms with Crippen LogP contribution < -0.4 is 0 Å². The van der Waals surface area contributed by atoms with Crippen molar-refractivity contribution in [3.63, 3.8) is 0 Å². The van der Waals surface area contributed by atoms with E-state index in [0.29, 0.717) is 0 Å². The molecular weight excluding hydrogens is 156 g/mol. The molecule has 0 N–H and O–H groups in total. The van der Waals surface area contributed by atoms with Gasteiger partial charge in [-0.3, -0.25) is 0 Å². The number of thiocarbonyl (C=S) groups is 1. The second-order valence-electron chi connectivity index (χ2n) is 2.59. The molecule has 0 saturated heterocycles. The van der Waals surface area contributed by atoms with Gasteiger partial charge in [-0.1, -0.05) is 12.2 Å². The van der Waals surface area contributed by atoms with Crippen LogP contribution in [0.1, 0.15) is 6.42 Å². The molecule has 0 fully saturated rings. The molecule has 0 atom stereocenters. The van der Waals surface area contributed by atoms with E-state index in [9.17, 15) is 0 Å². The van der Waals surface area contributed by atoms with E-state index in [1.807, 2.05) is 36.3 Å². The molecule has 0 radical (unpaired) electrons. The average molecular weight is 168 g/mol. The van der Waals surface area contributed by atoms with Crippen molar-refractivity contribution in [2.75, 3.05) is 14.1 Å². The van der Waals surface area contributed by atoms with Gasteiger partial charge in [0, 0.05) is 26.5 Å². The van der Waals surface area contributed by atoms with Gasteiger partial charge in [0.1, 0.15) is 0 Å². The number of nitrogens with zero attached hydrogens (tertiary/aromatic N) is 2. The van der Waals surface area contributed by atoms with Gasteiger partial charge >= 0.3 is 0 Å². The zero-order valence-electron chi connectivity index (χ0n) is 6.82. The minimum Gasteiger partial charge on any atom is -0.355 e. The maximum absolute atomic E-state index is 5.15. The Morgan fingerprint density at radius 3 is 2.36 bits per heavy atom. The molecule has 1 aliphatic rings. The van der Waals surface area contributed by atoms with Crippen LogP contribution in [0.25, 0.3) is 0 Å². The SMILES string of the molecule is CN(C)C(=S)N1C=CCC=C1. The highest BCUT2D eigenvalue weighted by molar-refractivity contribution is 7.80. The molecule has 11 heavy (non-hydrogen) atoms. The molecule has 0 amide bonds. The molecule has 0 saturated carbocycles. The van der Waals surface area contributed by atoms with Crippen molar-refractivity contribution in [1.29, 1.82) is 0 Å². The largest absolute Gasteiger partial charge is 0.355 e. The lowest BCUT2D eigenvalue weighted by Gasteiger charge is -2.23. The van der Waals surface area contributed by atoms with Gasteiger partial charge in [-0.15, -0.1) is 0 Å². The zero-order valence-corrected chi connectivity index (χ0v) is 7.64. The van der Waals surface area contributed by atoms with E-state index in [2.05, 4.69) is 12.2 Å². The van der Waals surface area contributed by atoms with Gasteiger partial charge in [0.25, 0.3) is 0 Å². The van der Waals surface area contributed by atoms with Crippen LogP contribution in [0.4, 0.5) is 0 Å². The van der Waals surface area contributed by atoms with Crippen molar-refractivity contribution in [3.05, 3.63) is 24.6 Å². The highest BCUT2D eigenvalue weighted by Gasteiger charge is 2.05. The summed E-state index contributed by atoms with van der Waals surface area (Å²) in [6.07, 6.45) is 9.14. The predicted octanol–water partition coefficient (Wildman–Crippen LogP) is 1.57. The zero-order chi connectivity index (χ0) is 8.27. The topological polar surface area (TPSA) is 6.48 Å². The Bertz CT molecular complexity index is 194. The first-order valence-corrected chi connectivity index (χ1v) is 3.95. The van der Waals surface area contributed by atoms with Gasteiger partial charge in [0.05, 0.1) is 0 Å². The predicted molar refractivity (Wildman–Crippen MR) is 51.0 cm³/mol. The summed E-state index contributed by atoms with van der Waals surface area (Å²) in [5.41, 5.74) is 0. The Labute approximate surface area is 72.8 Å². The first kappa shape index (κ1) is 8.27. The van der Waals surface area contributed by atoms with Gasteiger partial charge in [0.2, 0.25) is 0 Å². The molecule has 0 aromatic heterocycles. The van der Waals surface area contributed by atoms with Crippen LogP contribution in [-0.2, 0) is 0 Å². The second-order valence-corrected chi connectivity index (χ2v) is 2.95. The van der Waals surface area contributed by atoms with Gasteiger partial charge in [-0.05, 0) is 18.6 Å². The van der Waals surface area contributed by atoms with Crippen molar-refractivity contribution in [2.24, 2.45) is 0 Å². The van der Waals surface area contributed by atoms with E-state index in [0.717, 1.165) is 11.5 Å². The number of rotatable bonds is 0. The highest BCUT2D eigenvalue weighted by atomic mass is 32.1. The quantitative estimate of drug-likeness (QED) is 0.507. The van der Waals surface area contributed by atoms with Crippen molar-refractivity contribution >= 4 is 17.3 Å². The van der Waals surface area contributed by atoms with Crippen LogP contribution in [0.5, 0.6) is 0 Å². The fraction of sp³-hybridized carbons (Fsp3) is 0.375. The molecule has 1 heterocycles. The Balaban J connectivity index is 2.60. The smallest absolute Gasteiger partial charge is 0.179 e. The van der Waals surface area contributed by atoms with Gasteiger partial charge in [-0.25, -0.2) is 0 Å². The Hall–Kier alpha value is -0.830. The average Bonchev–Trinajstić information content (AvgIpc) is 2.05. The highest BCUT2D eigenvalue weighted by Crippen LogP contribution is 2.04. The minimum absolute atomic E-state index is 0.817. The molecule has 1 rings (SSSR count). The maximum Gasteiger partial charge on any atom is 0.179 e. The van der Waals surface area contributed by atoms with E-state index in [1.54, 1.807) is 0 Å². The first-order chi connectivity index (χ1) is 5.22. The second kappa shape index (κ2) is 3.53. The van der Waals surface area contributed by atoms with Crippen molar-refractivity contribution < 1.29 is 0 Å². The lowest BCUT2D eigenvalue weighted by atomic mass is 10.3. The van der Waals surface area contributed by atoms with Crippen LogP contribution in [0.15, 0.2) is 24.6 Å². The minimum atomic E-state index is 0.817. The van der Waals surface area contributed by atoms with Crippen molar-refractivity contribution in [2.45, 2.75) is 6.42 Å². The van der Waals surface area contributed by atoms with Crippen LogP contribution in [0.2, 0.25) is 0 Å². The molecule has 3 heteroatoms. The number of allylic oxidation sites excluding steroid dienone is 2. The van der Waals surface area contributed by atoms with Crippen LogP contribution in [0.3, 0.4) is 0 Å². The maximum atomic E-state index is 5.15. The van der Waals surface area contributed by atoms with E-state index in [4.69, 9.17) is 12.2 Å². The molecule has 0 spiro atoms. The summed E-state index contributed by atoms with van der Waals surface area (Å²) in [6.45, 7) is 0. The van der Waals surface area contributed by atoms with E-state index < -0.39 is 0 Å². The normalized spacial score (nSPS) is 15.3. The van der Waals surface area contributed by atoms with E-state index in [1.165, 1.54) is 0 Å². The summed E-state index contributed by atoms with van der Waals surface area (Å²) in [6, 6.07) is 0. The summed E-state index contributed by atoms with van der Waals surface area (Å²) in [5.74, 6) is 0. The van der Waals surface area contributed by atoms with Gasteiger partial charge in [-0.2, -0.15) is 0 Å². The van der Waals surface area contributed by atoms with Crippen molar-refractivity contribution in [1.82, 2.24) is 9.80 Å². The molecular formula is C8H12N2S. The Morgan fingerprint density at radius 1 is 1.36 bits per heavy atom. The van der Waals surface area contributed by atoms with E-state index in [-0.39, 0.29) is 0 Å². The summed E-state index contributed by atoms with van der Waals surface area (Å²) in [5, 5.41) is 0.817. The summed E-state index contributed by atoms with van der Waals surface area (Å²) in [4.78, 5) is 3.84. The van der Waals surface area contributed by atoms with Crippen molar-refractivity contribution in [3.8, 4) is 0 Å². The lowest BCUT2D eigenvalue weighted by molar-refractivity contribution is 0.547. The van der Waals surface area contributed by atoms with E-state index >= 15 is 0 Å². The molecule has 1 aliphatic heterocycles. The number of hydrogen-bond acceptors (Lipinski definition) is 1. The fourth-order valence-corrected chi connectivity index (χ4v) is 0.957. The monoisotopic (exact) mass is 168 g/mol. The molecule has 0 aliphatic carbocycles. The lowest BCUT2D eigenvalue weighted by Crippen LogP contribution is -2.32. The summed E-state index contributed by atoms with van der Waals surface area (Å²) in [7, 11) is 3.89. The van der Waals surface area contributed by atoms with Gasteiger partial charge < -0.3 is 9.80 Å². The van der Waals surface area contributed by atoms with Crippen LogP contribution >= 0.6 is 12.2 Å². The Morgan fingerprint density at radius 2 is 1.91 bits per heavy atom. The van der Waals surface area contributed by atoms with Gasteiger partial charge in [0.15, 0.2) is 5.11 Å². The first-order valence-electron chi connectivity index (χ1n) is 3.55. The Kier molecular flexibility index (Phi) is 2.65. The summed E-state index contributed by atoms with van der Waals surface area (Å²) < 4.78 is 0. The molecule has 0 unspecified atom stereocenters. The third kappa shape index (κ3) is 2.05. The third-order valence-electron chi connectivity index (χ3n) is 1.41. The summed E-state index contributed by atoms with van der Waals surface area (Å²) >= 11 is 5.15. The third-order valence-corrected chi connectivity index (χ3v) is 1.98. The van der Waals surface area contributed by atoms with Crippen LogP contribution in [0, 0.1) is 0 Å². The van der Waals surface area contributed by atoms with Crippen LogP contribution in [-0.4, -0.2) is 29.0 Å². The molecule has 0 bridgehead atoms. The fourth-order valence-electron chi connectivity index (χ4n) is 0.836. The molecule has 2 nitrogen and oxygen atoms in total. The standard InChI is InChI=1S/C8H12N2S/c1-9(2)8(11)10-6-4-3-5-7-10/h4-7H,3H2,1-2H3. The molecule has 0 aromatic carbocycles.